The number of carbonyl (C=O) groups is 1. The van der Waals surface area contributed by atoms with Gasteiger partial charge in [-0.2, -0.15) is 5.26 Å². The van der Waals surface area contributed by atoms with Gasteiger partial charge in [0.05, 0.1) is 11.6 Å². The number of anilines is 3. The van der Waals surface area contributed by atoms with Crippen LogP contribution in [0, 0.1) is 11.3 Å². The number of aromatic nitrogens is 2. The zero-order valence-electron chi connectivity index (χ0n) is 12.9. The van der Waals surface area contributed by atoms with Crippen molar-refractivity contribution in [1.29, 1.82) is 5.26 Å². The summed E-state index contributed by atoms with van der Waals surface area (Å²) in [6.45, 7) is 0. The van der Waals surface area contributed by atoms with E-state index in [4.69, 9.17) is 16.9 Å². The lowest BCUT2D eigenvalue weighted by atomic mass is 10.2. The number of rotatable bonds is 4. The molecule has 1 aromatic heterocycles. The van der Waals surface area contributed by atoms with E-state index in [-0.39, 0.29) is 5.91 Å². The molecule has 0 radical (unpaired) electrons. The molecular weight excluding hydrogens is 338 g/mol. The van der Waals surface area contributed by atoms with Crippen molar-refractivity contribution in [3.63, 3.8) is 0 Å². The molecule has 25 heavy (non-hydrogen) atoms. The minimum atomic E-state index is -0.298. The van der Waals surface area contributed by atoms with Crippen molar-refractivity contribution in [3.8, 4) is 6.07 Å². The van der Waals surface area contributed by atoms with Gasteiger partial charge in [0.2, 0.25) is 0 Å². The van der Waals surface area contributed by atoms with Crippen LogP contribution < -0.4 is 10.6 Å². The highest BCUT2D eigenvalue weighted by molar-refractivity contribution is 6.30. The molecule has 0 saturated carbocycles. The van der Waals surface area contributed by atoms with E-state index < -0.39 is 0 Å². The highest BCUT2D eigenvalue weighted by Crippen LogP contribution is 2.16. The van der Waals surface area contributed by atoms with E-state index in [0.29, 0.717) is 27.8 Å². The number of amides is 1. The molecule has 2 N–H and O–H groups in total. The van der Waals surface area contributed by atoms with Crippen LogP contribution in [0.25, 0.3) is 0 Å². The molecule has 0 aliphatic heterocycles. The molecule has 0 aliphatic rings. The van der Waals surface area contributed by atoms with Crippen LogP contribution >= 0.6 is 11.6 Å². The van der Waals surface area contributed by atoms with E-state index >= 15 is 0 Å². The number of halogens is 1. The minimum Gasteiger partial charge on any atom is -0.339 e. The van der Waals surface area contributed by atoms with Gasteiger partial charge in [-0.25, -0.2) is 0 Å². The third kappa shape index (κ3) is 4.31. The van der Waals surface area contributed by atoms with Crippen molar-refractivity contribution in [3.05, 3.63) is 76.8 Å². The summed E-state index contributed by atoms with van der Waals surface area (Å²) < 4.78 is 0. The smallest absolute Gasteiger partial charge is 0.256 e. The Morgan fingerprint density at radius 2 is 1.72 bits per heavy atom. The van der Waals surface area contributed by atoms with Crippen molar-refractivity contribution in [2.45, 2.75) is 0 Å². The molecule has 122 valence electrons. The third-order valence-corrected chi connectivity index (χ3v) is 3.53. The fraction of sp³-hybridized carbons (Fsp3) is 0. The average Bonchev–Trinajstić information content (AvgIpc) is 2.64. The second kappa shape index (κ2) is 7.43. The van der Waals surface area contributed by atoms with E-state index in [1.807, 2.05) is 6.07 Å². The predicted octanol–water partition coefficient (Wildman–Crippen LogP) is 4.00. The van der Waals surface area contributed by atoms with Crippen molar-refractivity contribution >= 4 is 34.8 Å². The third-order valence-electron chi connectivity index (χ3n) is 3.28. The molecule has 2 aromatic carbocycles. The van der Waals surface area contributed by atoms with E-state index in [2.05, 4.69) is 26.9 Å². The molecule has 1 heterocycles. The molecule has 0 bridgehead atoms. The van der Waals surface area contributed by atoms with Crippen LogP contribution in [0.4, 0.5) is 17.3 Å². The van der Waals surface area contributed by atoms with Gasteiger partial charge in [-0.15, -0.1) is 10.2 Å². The van der Waals surface area contributed by atoms with Crippen LogP contribution in [0.1, 0.15) is 15.9 Å². The number of hydrogen-bond acceptors (Lipinski definition) is 5. The SMILES string of the molecule is N#Cc1cccc(Nc2ccc(NC(=O)c3ccc(Cl)cc3)nn2)c1. The van der Waals surface area contributed by atoms with Crippen LogP contribution in [0.3, 0.4) is 0 Å². The minimum absolute atomic E-state index is 0.298. The Bertz CT molecular complexity index is 933. The molecule has 0 atom stereocenters. The maximum Gasteiger partial charge on any atom is 0.256 e. The topological polar surface area (TPSA) is 90.7 Å². The molecule has 1 amide bonds. The number of hydrogen-bond donors (Lipinski definition) is 2. The quantitative estimate of drug-likeness (QED) is 0.743. The van der Waals surface area contributed by atoms with Gasteiger partial charge in [-0.1, -0.05) is 17.7 Å². The number of nitrogens with zero attached hydrogens (tertiary/aromatic N) is 3. The van der Waals surface area contributed by atoms with Gasteiger partial charge in [0.1, 0.15) is 0 Å². The maximum atomic E-state index is 12.1. The molecule has 3 rings (SSSR count). The molecule has 0 spiro atoms. The van der Waals surface area contributed by atoms with Crippen molar-refractivity contribution in [2.75, 3.05) is 10.6 Å². The van der Waals surface area contributed by atoms with Crippen LogP contribution in [0.5, 0.6) is 0 Å². The first-order valence-electron chi connectivity index (χ1n) is 7.32. The Labute approximate surface area is 149 Å². The number of carbonyl (C=O) groups excluding carboxylic acids is 1. The largest absolute Gasteiger partial charge is 0.339 e. The summed E-state index contributed by atoms with van der Waals surface area (Å²) in [6.07, 6.45) is 0. The molecule has 0 unspecified atom stereocenters. The summed E-state index contributed by atoms with van der Waals surface area (Å²) in [4.78, 5) is 12.1. The van der Waals surface area contributed by atoms with E-state index in [0.717, 1.165) is 5.69 Å². The van der Waals surface area contributed by atoms with Crippen LogP contribution in [-0.2, 0) is 0 Å². The summed E-state index contributed by atoms with van der Waals surface area (Å²) >= 11 is 5.80. The van der Waals surface area contributed by atoms with Gasteiger partial charge in [0.15, 0.2) is 11.6 Å². The van der Waals surface area contributed by atoms with Gasteiger partial charge >= 0.3 is 0 Å². The lowest BCUT2D eigenvalue weighted by molar-refractivity contribution is 0.102. The maximum absolute atomic E-state index is 12.1. The first kappa shape index (κ1) is 16.4. The molecule has 3 aromatic rings. The lowest BCUT2D eigenvalue weighted by Crippen LogP contribution is -2.13. The summed E-state index contributed by atoms with van der Waals surface area (Å²) in [5.74, 6) is 0.532. The summed E-state index contributed by atoms with van der Waals surface area (Å²) in [5, 5.41) is 23.1. The van der Waals surface area contributed by atoms with Gasteiger partial charge in [0.25, 0.3) is 5.91 Å². The average molecular weight is 350 g/mol. The predicted molar refractivity (Wildman–Crippen MR) is 95.9 cm³/mol. The Morgan fingerprint density at radius 1 is 1.00 bits per heavy atom. The normalized spacial score (nSPS) is 9.92. The first-order valence-corrected chi connectivity index (χ1v) is 7.70. The molecule has 7 heteroatoms. The van der Waals surface area contributed by atoms with E-state index in [9.17, 15) is 4.79 Å². The zero-order chi connectivity index (χ0) is 17.6. The molecule has 0 aliphatic carbocycles. The van der Waals surface area contributed by atoms with Gasteiger partial charge in [0, 0.05) is 16.3 Å². The Balaban J connectivity index is 1.66. The fourth-order valence-corrected chi connectivity index (χ4v) is 2.20. The Kier molecular flexibility index (Phi) is 4.88. The Hall–Kier alpha value is -3.43. The van der Waals surface area contributed by atoms with Crippen molar-refractivity contribution in [2.24, 2.45) is 0 Å². The van der Waals surface area contributed by atoms with Crippen LogP contribution in [0.15, 0.2) is 60.7 Å². The van der Waals surface area contributed by atoms with Gasteiger partial charge in [-0.05, 0) is 54.6 Å². The molecule has 6 nitrogen and oxygen atoms in total. The van der Waals surface area contributed by atoms with Crippen molar-refractivity contribution < 1.29 is 4.79 Å². The highest BCUT2D eigenvalue weighted by Gasteiger charge is 2.07. The summed E-state index contributed by atoms with van der Waals surface area (Å²) in [7, 11) is 0. The zero-order valence-corrected chi connectivity index (χ0v) is 13.7. The number of benzene rings is 2. The number of nitrogens with one attached hydrogen (secondary N) is 2. The second-order valence-electron chi connectivity index (χ2n) is 5.08. The van der Waals surface area contributed by atoms with E-state index in [1.54, 1.807) is 54.6 Å². The molecule has 0 saturated heterocycles. The fourth-order valence-electron chi connectivity index (χ4n) is 2.07. The first-order chi connectivity index (χ1) is 12.1. The van der Waals surface area contributed by atoms with Crippen LogP contribution in [-0.4, -0.2) is 16.1 Å². The Morgan fingerprint density at radius 3 is 2.40 bits per heavy atom. The second-order valence-corrected chi connectivity index (χ2v) is 5.52. The molecular formula is C18H12ClN5O. The van der Waals surface area contributed by atoms with Gasteiger partial charge < -0.3 is 10.6 Å². The van der Waals surface area contributed by atoms with E-state index in [1.165, 1.54) is 0 Å². The lowest BCUT2D eigenvalue weighted by Gasteiger charge is -2.07. The number of nitriles is 1. The standard InChI is InChI=1S/C18H12ClN5O/c19-14-6-4-13(5-7-14)18(25)22-17-9-8-16(23-24-17)21-15-3-1-2-12(10-15)11-20/h1-10H,(H,21,23)(H,22,24,25). The van der Waals surface area contributed by atoms with Crippen molar-refractivity contribution in [1.82, 2.24) is 10.2 Å². The monoisotopic (exact) mass is 349 g/mol. The highest BCUT2D eigenvalue weighted by atomic mass is 35.5. The summed E-state index contributed by atoms with van der Waals surface area (Å²) in [5.41, 5.74) is 1.75. The molecule has 0 fully saturated rings. The van der Waals surface area contributed by atoms with Crippen LogP contribution in [0.2, 0.25) is 5.02 Å². The van der Waals surface area contributed by atoms with Gasteiger partial charge in [-0.3, -0.25) is 4.79 Å². The summed E-state index contributed by atoms with van der Waals surface area (Å²) in [6, 6.07) is 18.9.